The van der Waals surface area contributed by atoms with Crippen molar-refractivity contribution >= 4 is 23.4 Å². The number of hydrogen-bond donors (Lipinski definition) is 2. The normalized spacial score (nSPS) is 11.2. The molecule has 0 heterocycles. The second-order valence-electron chi connectivity index (χ2n) is 4.57. The number of para-hydroxylation sites is 1. The second-order valence-corrected chi connectivity index (χ2v) is 5.85. The molecule has 0 saturated heterocycles. The van der Waals surface area contributed by atoms with Gasteiger partial charge in [0.05, 0.1) is 5.56 Å². The number of thioether (sulfide) groups is 1. The van der Waals surface area contributed by atoms with Crippen LogP contribution in [0.3, 0.4) is 0 Å². The summed E-state index contributed by atoms with van der Waals surface area (Å²) < 4.78 is 0.143. The SMILES string of the molecule is CCC(CC)(CNC(=O)c1ccccc1NC)SC. The average Bonchev–Trinajstić information content (AvgIpc) is 2.49. The van der Waals surface area contributed by atoms with Gasteiger partial charge in [0.15, 0.2) is 0 Å². The molecule has 106 valence electrons. The van der Waals surface area contributed by atoms with Gasteiger partial charge in [-0.15, -0.1) is 0 Å². The first-order valence-electron chi connectivity index (χ1n) is 6.72. The topological polar surface area (TPSA) is 41.1 Å². The molecule has 0 bridgehead atoms. The predicted molar refractivity (Wildman–Crippen MR) is 85.1 cm³/mol. The Morgan fingerprint density at radius 1 is 1.26 bits per heavy atom. The van der Waals surface area contributed by atoms with E-state index in [-0.39, 0.29) is 10.7 Å². The molecule has 0 aliphatic heterocycles. The number of rotatable bonds is 7. The summed E-state index contributed by atoms with van der Waals surface area (Å²) in [4.78, 5) is 12.3. The van der Waals surface area contributed by atoms with Crippen LogP contribution in [0.4, 0.5) is 5.69 Å². The smallest absolute Gasteiger partial charge is 0.253 e. The van der Waals surface area contributed by atoms with Crippen LogP contribution in [0.25, 0.3) is 0 Å². The van der Waals surface area contributed by atoms with E-state index >= 15 is 0 Å². The molecule has 1 amide bonds. The van der Waals surface area contributed by atoms with E-state index in [1.807, 2.05) is 43.1 Å². The highest BCUT2D eigenvalue weighted by Crippen LogP contribution is 2.29. The van der Waals surface area contributed by atoms with Crippen LogP contribution in [-0.2, 0) is 0 Å². The first kappa shape index (κ1) is 15.9. The van der Waals surface area contributed by atoms with Crippen LogP contribution in [-0.4, -0.2) is 30.5 Å². The molecule has 0 aromatic heterocycles. The fourth-order valence-corrected chi connectivity index (χ4v) is 2.89. The van der Waals surface area contributed by atoms with E-state index < -0.39 is 0 Å². The van der Waals surface area contributed by atoms with Gasteiger partial charge in [-0.3, -0.25) is 4.79 Å². The number of nitrogens with one attached hydrogen (secondary N) is 2. The Kier molecular flexibility index (Phi) is 6.22. The lowest BCUT2D eigenvalue weighted by molar-refractivity contribution is 0.0949. The van der Waals surface area contributed by atoms with Crippen molar-refractivity contribution in [2.75, 3.05) is 25.2 Å². The van der Waals surface area contributed by atoms with Gasteiger partial charge in [0, 0.05) is 24.0 Å². The predicted octanol–water partition coefficient (Wildman–Crippen LogP) is 3.38. The molecular formula is C15H24N2OS. The summed E-state index contributed by atoms with van der Waals surface area (Å²) >= 11 is 1.83. The molecule has 0 unspecified atom stereocenters. The van der Waals surface area contributed by atoms with Crippen molar-refractivity contribution in [2.24, 2.45) is 0 Å². The van der Waals surface area contributed by atoms with Gasteiger partial charge in [-0.1, -0.05) is 26.0 Å². The highest BCUT2D eigenvalue weighted by Gasteiger charge is 2.25. The Labute approximate surface area is 120 Å². The summed E-state index contributed by atoms with van der Waals surface area (Å²) in [5.74, 6) is -0.00900. The number of anilines is 1. The Morgan fingerprint density at radius 3 is 2.42 bits per heavy atom. The molecule has 1 aromatic rings. The zero-order valence-corrected chi connectivity index (χ0v) is 13.1. The Morgan fingerprint density at radius 2 is 1.89 bits per heavy atom. The quantitative estimate of drug-likeness (QED) is 0.804. The Hall–Kier alpha value is -1.16. The molecule has 0 radical (unpaired) electrons. The Bertz CT molecular complexity index is 408. The maximum Gasteiger partial charge on any atom is 0.253 e. The van der Waals surface area contributed by atoms with Crippen molar-refractivity contribution in [3.63, 3.8) is 0 Å². The van der Waals surface area contributed by atoms with Gasteiger partial charge in [0.2, 0.25) is 0 Å². The largest absolute Gasteiger partial charge is 0.387 e. The zero-order chi connectivity index (χ0) is 14.3. The van der Waals surface area contributed by atoms with Gasteiger partial charge in [0.1, 0.15) is 0 Å². The van der Waals surface area contributed by atoms with E-state index in [0.717, 1.165) is 18.5 Å². The molecule has 3 nitrogen and oxygen atoms in total. The van der Waals surface area contributed by atoms with Crippen LogP contribution in [0.5, 0.6) is 0 Å². The second kappa shape index (κ2) is 7.43. The fraction of sp³-hybridized carbons (Fsp3) is 0.533. The number of amides is 1. The molecule has 0 aliphatic rings. The van der Waals surface area contributed by atoms with Crippen LogP contribution in [0.15, 0.2) is 24.3 Å². The van der Waals surface area contributed by atoms with Crippen molar-refractivity contribution in [1.29, 1.82) is 0 Å². The Balaban J connectivity index is 2.75. The third-order valence-electron chi connectivity index (χ3n) is 3.73. The van der Waals surface area contributed by atoms with E-state index in [2.05, 4.69) is 30.7 Å². The summed E-state index contributed by atoms with van der Waals surface area (Å²) in [7, 11) is 1.83. The van der Waals surface area contributed by atoms with Gasteiger partial charge >= 0.3 is 0 Å². The maximum absolute atomic E-state index is 12.3. The third-order valence-corrected chi connectivity index (χ3v) is 5.32. The maximum atomic E-state index is 12.3. The molecule has 1 aromatic carbocycles. The molecule has 0 atom stereocenters. The van der Waals surface area contributed by atoms with E-state index in [1.165, 1.54) is 0 Å². The van der Waals surface area contributed by atoms with Crippen LogP contribution in [0.2, 0.25) is 0 Å². The third kappa shape index (κ3) is 3.90. The lowest BCUT2D eigenvalue weighted by Gasteiger charge is -2.29. The van der Waals surface area contributed by atoms with Crippen molar-refractivity contribution < 1.29 is 4.79 Å². The first-order valence-corrected chi connectivity index (χ1v) is 7.95. The van der Waals surface area contributed by atoms with Crippen molar-refractivity contribution in [3.8, 4) is 0 Å². The lowest BCUT2D eigenvalue weighted by atomic mass is 10.0. The summed E-state index contributed by atoms with van der Waals surface area (Å²) in [5, 5.41) is 6.12. The zero-order valence-electron chi connectivity index (χ0n) is 12.2. The molecule has 19 heavy (non-hydrogen) atoms. The molecule has 0 spiro atoms. The minimum absolute atomic E-state index is 0.00900. The van der Waals surface area contributed by atoms with E-state index in [1.54, 1.807) is 0 Å². The lowest BCUT2D eigenvalue weighted by Crippen LogP contribution is -2.39. The molecule has 0 fully saturated rings. The monoisotopic (exact) mass is 280 g/mol. The number of carbonyl (C=O) groups excluding carboxylic acids is 1. The molecule has 2 N–H and O–H groups in total. The first-order chi connectivity index (χ1) is 9.12. The minimum Gasteiger partial charge on any atom is -0.387 e. The molecule has 4 heteroatoms. The standard InChI is InChI=1S/C15H24N2OS/c1-5-15(6-2,19-4)11-17-14(18)12-9-7-8-10-13(12)16-3/h7-10,16H,5-6,11H2,1-4H3,(H,17,18). The van der Waals surface area contributed by atoms with Crippen molar-refractivity contribution in [1.82, 2.24) is 5.32 Å². The summed E-state index contributed by atoms with van der Waals surface area (Å²) in [6.07, 6.45) is 4.22. The highest BCUT2D eigenvalue weighted by atomic mass is 32.2. The van der Waals surface area contributed by atoms with Crippen LogP contribution >= 0.6 is 11.8 Å². The van der Waals surface area contributed by atoms with E-state index in [9.17, 15) is 4.79 Å². The van der Waals surface area contributed by atoms with Gasteiger partial charge in [-0.2, -0.15) is 11.8 Å². The van der Waals surface area contributed by atoms with E-state index in [4.69, 9.17) is 0 Å². The molecular weight excluding hydrogens is 256 g/mol. The number of carbonyl (C=O) groups is 1. The fourth-order valence-electron chi connectivity index (χ4n) is 2.10. The summed E-state index contributed by atoms with van der Waals surface area (Å²) in [6, 6.07) is 7.57. The van der Waals surface area contributed by atoms with Gasteiger partial charge in [-0.05, 0) is 31.2 Å². The summed E-state index contributed by atoms with van der Waals surface area (Å²) in [5.41, 5.74) is 1.56. The van der Waals surface area contributed by atoms with Gasteiger partial charge < -0.3 is 10.6 Å². The minimum atomic E-state index is -0.00900. The number of hydrogen-bond acceptors (Lipinski definition) is 3. The molecule has 1 rings (SSSR count). The van der Waals surface area contributed by atoms with Crippen LogP contribution in [0, 0.1) is 0 Å². The van der Waals surface area contributed by atoms with Gasteiger partial charge in [-0.25, -0.2) is 0 Å². The van der Waals surface area contributed by atoms with Gasteiger partial charge in [0.25, 0.3) is 5.91 Å². The highest BCUT2D eigenvalue weighted by molar-refractivity contribution is 8.00. The van der Waals surface area contributed by atoms with Crippen molar-refractivity contribution in [3.05, 3.63) is 29.8 Å². The van der Waals surface area contributed by atoms with E-state index in [0.29, 0.717) is 12.1 Å². The summed E-state index contributed by atoms with van der Waals surface area (Å²) in [6.45, 7) is 5.06. The number of benzene rings is 1. The molecule has 0 aliphatic carbocycles. The molecule has 0 saturated carbocycles. The van der Waals surface area contributed by atoms with Crippen molar-refractivity contribution in [2.45, 2.75) is 31.4 Å². The van der Waals surface area contributed by atoms with Crippen LogP contribution in [0.1, 0.15) is 37.0 Å². The average molecular weight is 280 g/mol. The van der Waals surface area contributed by atoms with Crippen LogP contribution < -0.4 is 10.6 Å².